The molecule has 1 aromatic rings. The van der Waals surface area contributed by atoms with Crippen LogP contribution in [0.2, 0.25) is 0 Å². The molecule has 0 spiro atoms. The Morgan fingerprint density at radius 3 is 2.36 bits per heavy atom. The number of nitrogens with two attached hydrogens (primary N) is 1. The van der Waals surface area contributed by atoms with E-state index < -0.39 is 0 Å². The summed E-state index contributed by atoms with van der Waals surface area (Å²) in [5, 5.41) is 3.70. The van der Waals surface area contributed by atoms with Crippen LogP contribution in [0.5, 0.6) is 0 Å². The predicted molar refractivity (Wildman–Crippen MR) is 58.8 cm³/mol. The molecule has 0 bridgehead atoms. The Labute approximate surface area is 85.3 Å². The van der Waals surface area contributed by atoms with Gasteiger partial charge in [-0.05, 0) is 49.6 Å². The van der Waals surface area contributed by atoms with Crippen molar-refractivity contribution in [3.8, 4) is 0 Å². The molecule has 0 amide bonds. The summed E-state index contributed by atoms with van der Waals surface area (Å²) in [5.74, 6) is 0. The first kappa shape index (κ1) is 10.7. The van der Waals surface area contributed by atoms with E-state index in [1.165, 1.54) is 5.69 Å². The molecule has 0 aliphatic carbocycles. The van der Waals surface area contributed by atoms with Gasteiger partial charge in [0.25, 0.3) is 0 Å². The second-order valence-electron chi connectivity index (χ2n) is 3.27. The maximum Gasteiger partial charge on any atom is 0.133 e. The summed E-state index contributed by atoms with van der Waals surface area (Å²) in [7, 11) is 0. The topological polar surface area (TPSA) is 41.2 Å². The smallest absolute Gasteiger partial charge is 0.133 e. The zero-order chi connectivity index (χ0) is 10.6. The van der Waals surface area contributed by atoms with E-state index >= 15 is 0 Å². The van der Waals surface area contributed by atoms with E-state index in [0.29, 0.717) is 0 Å². The van der Waals surface area contributed by atoms with Crippen molar-refractivity contribution in [2.24, 2.45) is 5.11 Å². The van der Waals surface area contributed by atoms with Gasteiger partial charge >= 0.3 is 0 Å². The van der Waals surface area contributed by atoms with E-state index in [2.05, 4.69) is 36.0 Å². The Bertz CT molecular complexity index is 316. The fraction of sp³-hybridized carbons (Fsp3) is 0.455. The summed E-state index contributed by atoms with van der Waals surface area (Å²) >= 11 is 0. The number of rotatable bonds is 4. The normalized spacial score (nSPS) is 9.93. The number of benzene rings is 1. The average Bonchev–Trinajstić information content (AvgIpc) is 2.20. The summed E-state index contributed by atoms with van der Waals surface area (Å²) in [6.45, 7) is 8.38. The van der Waals surface area contributed by atoms with Crippen LogP contribution in [-0.4, -0.2) is 13.1 Å². The van der Waals surface area contributed by atoms with Crippen molar-refractivity contribution in [3.05, 3.63) is 23.8 Å². The van der Waals surface area contributed by atoms with Gasteiger partial charge in [-0.25, -0.2) is 0 Å². The van der Waals surface area contributed by atoms with Crippen molar-refractivity contribution in [1.82, 2.24) is 0 Å². The lowest BCUT2D eigenvalue weighted by Crippen LogP contribution is -2.23. The van der Waals surface area contributed by atoms with E-state index in [1.807, 2.05) is 13.0 Å². The highest BCUT2D eigenvalue weighted by Crippen LogP contribution is 2.23. The van der Waals surface area contributed by atoms with E-state index in [4.69, 9.17) is 5.53 Å². The molecule has 3 nitrogen and oxygen atoms in total. The summed E-state index contributed by atoms with van der Waals surface area (Å²) in [4.78, 5) is 2.30. The van der Waals surface area contributed by atoms with E-state index in [-0.39, 0.29) is 0 Å². The SMILES string of the molecule is CCN(CC)c1ccc(N=[NH2+])c(C)c1. The molecule has 0 aliphatic heterocycles. The van der Waals surface area contributed by atoms with Crippen LogP contribution in [0.25, 0.3) is 0 Å². The second kappa shape index (κ2) is 4.74. The molecule has 0 aliphatic rings. The fourth-order valence-electron chi connectivity index (χ4n) is 1.57. The number of nitrogens with zero attached hydrogens (tertiary/aromatic N) is 2. The summed E-state index contributed by atoms with van der Waals surface area (Å²) in [6.07, 6.45) is 0. The Hall–Kier alpha value is -1.38. The predicted octanol–water partition coefficient (Wildman–Crippen LogP) is 1.68. The third kappa shape index (κ3) is 2.10. The van der Waals surface area contributed by atoms with Gasteiger partial charge in [0.15, 0.2) is 0 Å². The van der Waals surface area contributed by atoms with Crippen molar-refractivity contribution in [2.45, 2.75) is 20.8 Å². The first-order valence-electron chi connectivity index (χ1n) is 4.99. The molecule has 14 heavy (non-hydrogen) atoms. The van der Waals surface area contributed by atoms with Crippen LogP contribution in [-0.2, 0) is 0 Å². The lowest BCUT2D eigenvalue weighted by Gasteiger charge is -2.21. The fourth-order valence-corrected chi connectivity index (χ4v) is 1.57. The van der Waals surface area contributed by atoms with Crippen molar-refractivity contribution in [1.29, 1.82) is 0 Å². The summed E-state index contributed by atoms with van der Waals surface area (Å²) in [6, 6.07) is 6.15. The van der Waals surface area contributed by atoms with Crippen LogP contribution < -0.4 is 10.4 Å². The van der Waals surface area contributed by atoms with Gasteiger partial charge in [0.1, 0.15) is 5.69 Å². The van der Waals surface area contributed by atoms with E-state index in [9.17, 15) is 0 Å². The Morgan fingerprint density at radius 1 is 1.29 bits per heavy atom. The lowest BCUT2D eigenvalue weighted by molar-refractivity contribution is -0.210. The van der Waals surface area contributed by atoms with Crippen LogP contribution in [0.1, 0.15) is 19.4 Å². The standard InChI is InChI=1S/C11H17N3/c1-4-14(5-2)10-6-7-11(13-12)9(3)8-10/h6-8,12H,4-5H2,1-3H3/p+1. The molecule has 0 heterocycles. The van der Waals surface area contributed by atoms with Gasteiger partial charge < -0.3 is 4.90 Å². The Kier molecular flexibility index (Phi) is 3.63. The van der Waals surface area contributed by atoms with Gasteiger partial charge in [0.2, 0.25) is 0 Å². The van der Waals surface area contributed by atoms with Crippen molar-refractivity contribution in [3.63, 3.8) is 0 Å². The molecule has 0 saturated carbocycles. The first-order chi connectivity index (χ1) is 6.72. The average molecular weight is 192 g/mol. The van der Waals surface area contributed by atoms with Crippen LogP contribution in [0, 0.1) is 6.92 Å². The van der Waals surface area contributed by atoms with Gasteiger partial charge in [-0.1, -0.05) is 0 Å². The minimum absolute atomic E-state index is 0.862. The number of hydrogen-bond donors (Lipinski definition) is 1. The highest BCUT2D eigenvalue weighted by molar-refractivity contribution is 5.57. The van der Waals surface area contributed by atoms with Gasteiger partial charge in [0, 0.05) is 18.8 Å². The summed E-state index contributed by atoms with van der Waals surface area (Å²) < 4.78 is 0. The van der Waals surface area contributed by atoms with Crippen molar-refractivity contribution >= 4 is 11.4 Å². The highest BCUT2D eigenvalue weighted by Gasteiger charge is 2.04. The molecular formula is C11H18N3+. The second-order valence-corrected chi connectivity index (χ2v) is 3.27. The van der Waals surface area contributed by atoms with Crippen LogP contribution in [0.4, 0.5) is 11.4 Å². The van der Waals surface area contributed by atoms with Crippen molar-refractivity contribution < 1.29 is 5.53 Å². The highest BCUT2D eigenvalue weighted by atomic mass is 15.1. The van der Waals surface area contributed by atoms with Gasteiger partial charge in [-0.2, -0.15) is 5.53 Å². The van der Waals surface area contributed by atoms with Crippen LogP contribution in [0.3, 0.4) is 0 Å². The molecule has 0 fully saturated rings. The maximum absolute atomic E-state index is 5.25. The monoisotopic (exact) mass is 192 g/mol. The lowest BCUT2D eigenvalue weighted by atomic mass is 10.1. The zero-order valence-electron chi connectivity index (χ0n) is 9.12. The maximum atomic E-state index is 5.25. The minimum atomic E-state index is 0.862. The molecule has 0 saturated heterocycles. The number of hydrogen-bond acceptors (Lipinski definition) is 2. The molecular weight excluding hydrogens is 174 g/mol. The van der Waals surface area contributed by atoms with Crippen LogP contribution in [0.15, 0.2) is 23.3 Å². The molecule has 76 valence electrons. The van der Waals surface area contributed by atoms with E-state index in [0.717, 1.165) is 24.3 Å². The molecule has 3 heteroatoms. The van der Waals surface area contributed by atoms with Gasteiger partial charge in [-0.3, -0.25) is 0 Å². The molecule has 0 aromatic heterocycles. The molecule has 0 atom stereocenters. The first-order valence-corrected chi connectivity index (χ1v) is 4.99. The molecule has 2 N–H and O–H groups in total. The largest absolute Gasteiger partial charge is 0.372 e. The summed E-state index contributed by atoms with van der Waals surface area (Å²) in [5.41, 5.74) is 8.47. The number of aryl methyl sites for hydroxylation is 1. The third-order valence-electron chi connectivity index (χ3n) is 2.45. The molecule has 1 aromatic carbocycles. The quantitative estimate of drug-likeness (QED) is 0.724. The van der Waals surface area contributed by atoms with Crippen LogP contribution >= 0.6 is 0 Å². The Morgan fingerprint density at radius 2 is 1.93 bits per heavy atom. The molecule has 1 rings (SSSR count). The zero-order valence-corrected chi connectivity index (χ0v) is 9.12. The number of anilines is 1. The van der Waals surface area contributed by atoms with E-state index in [1.54, 1.807) is 0 Å². The minimum Gasteiger partial charge on any atom is -0.372 e. The third-order valence-corrected chi connectivity index (χ3v) is 2.45. The van der Waals surface area contributed by atoms with Gasteiger partial charge in [0.05, 0.1) is 0 Å². The molecule has 0 unspecified atom stereocenters. The van der Waals surface area contributed by atoms with Crippen molar-refractivity contribution in [2.75, 3.05) is 18.0 Å². The van der Waals surface area contributed by atoms with Gasteiger partial charge in [-0.15, -0.1) is 0 Å². The molecule has 0 radical (unpaired) electrons. The Balaban J connectivity index is 3.00.